The minimum absolute atomic E-state index is 0.0937. The summed E-state index contributed by atoms with van der Waals surface area (Å²) in [4.78, 5) is 2.04. The molecule has 1 saturated heterocycles. The SMILES string of the molecule is CCNC1CCN(C)CC1F. The van der Waals surface area contributed by atoms with Crippen molar-refractivity contribution in [3.8, 4) is 0 Å². The monoisotopic (exact) mass is 160 g/mol. The molecule has 0 radical (unpaired) electrons. The third-order valence-corrected chi connectivity index (χ3v) is 2.21. The average molecular weight is 160 g/mol. The summed E-state index contributed by atoms with van der Waals surface area (Å²) < 4.78 is 13.2. The quantitative estimate of drug-likeness (QED) is 0.637. The van der Waals surface area contributed by atoms with Crippen molar-refractivity contribution in [1.82, 2.24) is 10.2 Å². The van der Waals surface area contributed by atoms with E-state index in [0.717, 1.165) is 19.5 Å². The zero-order chi connectivity index (χ0) is 8.27. The van der Waals surface area contributed by atoms with Gasteiger partial charge in [0, 0.05) is 12.6 Å². The largest absolute Gasteiger partial charge is 0.311 e. The molecular formula is C8H17FN2. The smallest absolute Gasteiger partial charge is 0.128 e. The minimum Gasteiger partial charge on any atom is -0.311 e. The van der Waals surface area contributed by atoms with E-state index in [1.807, 2.05) is 18.9 Å². The number of halogens is 1. The fraction of sp³-hybridized carbons (Fsp3) is 1.00. The number of hydrogen-bond donors (Lipinski definition) is 1. The van der Waals surface area contributed by atoms with E-state index in [4.69, 9.17) is 0 Å². The normalized spacial score (nSPS) is 34.1. The maximum atomic E-state index is 13.2. The van der Waals surface area contributed by atoms with Gasteiger partial charge < -0.3 is 10.2 Å². The summed E-state index contributed by atoms with van der Waals surface area (Å²) in [6.07, 6.45) is 0.250. The van der Waals surface area contributed by atoms with Crippen LogP contribution in [0.1, 0.15) is 13.3 Å². The van der Waals surface area contributed by atoms with E-state index in [1.165, 1.54) is 0 Å². The van der Waals surface area contributed by atoms with Crippen LogP contribution in [0.5, 0.6) is 0 Å². The van der Waals surface area contributed by atoms with Gasteiger partial charge in [-0.25, -0.2) is 4.39 Å². The van der Waals surface area contributed by atoms with Crippen molar-refractivity contribution in [3.05, 3.63) is 0 Å². The first-order chi connectivity index (χ1) is 5.24. The van der Waals surface area contributed by atoms with Gasteiger partial charge in [0.2, 0.25) is 0 Å². The Kier molecular flexibility index (Phi) is 3.27. The highest BCUT2D eigenvalue weighted by atomic mass is 19.1. The molecule has 0 aromatic rings. The lowest BCUT2D eigenvalue weighted by Crippen LogP contribution is -2.49. The van der Waals surface area contributed by atoms with Gasteiger partial charge in [0.15, 0.2) is 0 Å². The molecule has 3 heteroatoms. The van der Waals surface area contributed by atoms with Crippen LogP contribution in [0.25, 0.3) is 0 Å². The maximum absolute atomic E-state index is 13.2. The van der Waals surface area contributed by atoms with Crippen molar-refractivity contribution >= 4 is 0 Å². The highest BCUT2D eigenvalue weighted by Crippen LogP contribution is 2.11. The van der Waals surface area contributed by atoms with Gasteiger partial charge in [-0.05, 0) is 26.6 Å². The highest BCUT2D eigenvalue weighted by Gasteiger charge is 2.26. The first-order valence-electron chi connectivity index (χ1n) is 4.30. The summed E-state index contributed by atoms with van der Waals surface area (Å²) in [5.41, 5.74) is 0. The predicted octanol–water partition coefficient (Wildman–Crippen LogP) is 0.638. The van der Waals surface area contributed by atoms with Gasteiger partial charge in [0.05, 0.1) is 0 Å². The van der Waals surface area contributed by atoms with Crippen LogP contribution in [-0.2, 0) is 0 Å². The zero-order valence-electron chi connectivity index (χ0n) is 7.31. The van der Waals surface area contributed by atoms with E-state index in [9.17, 15) is 4.39 Å². The first-order valence-corrected chi connectivity index (χ1v) is 4.30. The van der Waals surface area contributed by atoms with Crippen molar-refractivity contribution in [2.45, 2.75) is 25.6 Å². The van der Waals surface area contributed by atoms with Crippen LogP contribution in [0, 0.1) is 0 Å². The highest BCUT2D eigenvalue weighted by molar-refractivity contribution is 4.83. The molecule has 11 heavy (non-hydrogen) atoms. The lowest BCUT2D eigenvalue weighted by atomic mass is 10.0. The summed E-state index contributed by atoms with van der Waals surface area (Å²) in [5.74, 6) is 0. The van der Waals surface area contributed by atoms with Gasteiger partial charge in [-0.15, -0.1) is 0 Å². The molecule has 0 aromatic heterocycles. The molecule has 0 saturated carbocycles. The Morgan fingerprint density at radius 1 is 1.64 bits per heavy atom. The Morgan fingerprint density at radius 3 is 2.91 bits per heavy atom. The molecule has 0 aliphatic carbocycles. The van der Waals surface area contributed by atoms with Crippen LogP contribution in [-0.4, -0.2) is 43.8 Å². The Morgan fingerprint density at radius 2 is 2.36 bits per heavy atom. The summed E-state index contributed by atoms with van der Waals surface area (Å²) in [6, 6.07) is 0.0937. The van der Waals surface area contributed by atoms with E-state index < -0.39 is 6.17 Å². The maximum Gasteiger partial charge on any atom is 0.128 e. The number of hydrogen-bond acceptors (Lipinski definition) is 2. The lowest BCUT2D eigenvalue weighted by Gasteiger charge is -2.32. The molecule has 0 amide bonds. The fourth-order valence-corrected chi connectivity index (χ4v) is 1.55. The number of likely N-dealkylation sites (tertiary alicyclic amines) is 1. The molecule has 2 unspecified atom stereocenters. The van der Waals surface area contributed by atoms with Gasteiger partial charge in [-0.3, -0.25) is 0 Å². The Labute approximate surface area is 67.8 Å². The minimum atomic E-state index is -0.686. The predicted molar refractivity (Wildman–Crippen MR) is 44.5 cm³/mol. The van der Waals surface area contributed by atoms with Gasteiger partial charge in [0.25, 0.3) is 0 Å². The Bertz CT molecular complexity index is 119. The van der Waals surface area contributed by atoms with Crippen LogP contribution < -0.4 is 5.32 Å². The molecule has 1 rings (SSSR count). The summed E-state index contributed by atoms with van der Waals surface area (Å²) >= 11 is 0. The van der Waals surface area contributed by atoms with Gasteiger partial charge >= 0.3 is 0 Å². The number of piperidine rings is 1. The average Bonchev–Trinajstić information content (AvgIpc) is 1.95. The molecule has 1 fully saturated rings. The number of nitrogens with one attached hydrogen (secondary N) is 1. The molecule has 0 spiro atoms. The van der Waals surface area contributed by atoms with Gasteiger partial charge in [-0.1, -0.05) is 6.92 Å². The second-order valence-corrected chi connectivity index (χ2v) is 3.23. The molecule has 1 aliphatic heterocycles. The molecule has 0 bridgehead atoms. The molecule has 2 atom stereocenters. The second kappa shape index (κ2) is 4.02. The Hall–Kier alpha value is -0.150. The van der Waals surface area contributed by atoms with E-state index in [0.29, 0.717) is 6.54 Å². The Balaban J connectivity index is 2.31. The first kappa shape index (κ1) is 8.94. The van der Waals surface area contributed by atoms with Crippen LogP contribution in [0.15, 0.2) is 0 Å². The van der Waals surface area contributed by atoms with Crippen LogP contribution >= 0.6 is 0 Å². The zero-order valence-corrected chi connectivity index (χ0v) is 7.31. The molecule has 66 valence electrons. The van der Waals surface area contributed by atoms with Crippen molar-refractivity contribution in [2.24, 2.45) is 0 Å². The van der Waals surface area contributed by atoms with E-state index in [1.54, 1.807) is 0 Å². The standard InChI is InChI=1S/C8H17FN2/c1-3-10-8-4-5-11(2)6-7(8)9/h7-8,10H,3-6H2,1-2H3. The third kappa shape index (κ3) is 2.42. The van der Waals surface area contributed by atoms with Crippen molar-refractivity contribution in [3.63, 3.8) is 0 Å². The molecular weight excluding hydrogens is 143 g/mol. The lowest BCUT2D eigenvalue weighted by molar-refractivity contribution is 0.124. The van der Waals surface area contributed by atoms with Crippen molar-refractivity contribution < 1.29 is 4.39 Å². The second-order valence-electron chi connectivity index (χ2n) is 3.23. The van der Waals surface area contributed by atoms with Crippen molar-refractivity contribution in [1.29, 1.82) is 0 Å². The van der Waals surface area contributed by atoms with E-state index in [2.05, 4.69) is 5.32 Å². The van der Waals surface area contributed by atoms with E-state index in [-0.39, 0.29) is 6.04 Å². The van der Waals surface area contributed by atoms with Gasteiger partial charge in [-0.2, -0.15) is 0 Å². The molecule has 1 aliphatic rings. The van der Waals surface area contributed by atoms with Crippen LogP contribution in [0.4, 0.5) is 4.39 Å². The number of nitrogens with zero attached hydrogens (tertiary/aromatic N) is 1. The third-order valence-electron chi connectivity index (χ3n) is 2.21. The number of rotatable bonds is 2. The summed E-state index contributed by atoms with van der Waals surface area (Å²) in [7, 11) is 1.97. The van der Waals surface area contributed by atoms with Crippen LogP contribution in [0.2, 0.25) is 0 Å². The van der Waals surface area contributed by atoms with E-state index >= 15 is 0 Å². The summed E-state index contributed by atoms with van der Waals surface area (Å²) in [6.45, 7) is 4.48. The topological polar surface area (TPSA) is 15.3 Å². The summed E-state index contributed by atoms with van der Waals surface area (Å²) in [5, 5.41) is 3.15. The molecule has 2 nitrogen and oxygen atoms in total. The molecule has 1 heterocycles. The molecule has 1 N–H and O–H groups in total. The number of alkyl halides is 1. The van der Waals surface area contributed by atoms with Crippen LogP contribution in [0.3, 0.4) is 0 Å². The van der Waals surface area contributed by atoms with Gasteiger partial charge in [0.1, 0.15) is 6.17 Å². The van der Waals surface area contributed by atoms with Crippen molar-refractivity contribution in [2.75, 3.05) is 26.7 Å². The fourth-order valence-electron chi connectivity index (χ4n) is 1.55. The molecule has 0 aromatic carbocycles.